The van der Waals surface area contributed by atoms with Gasteiger partial charge in [0.05, 0.1) is 13.7 Å². The van der Waals surface area contributed by atoms with Crippen LogP contribution in [0.15, 0.2) is 0 Å². The third-order valence-electron chi connectivity index (χ3n) is 2.46. The van der Waals surface area contributed by atoms with E-state index in [0.29, 0.717) is 0 Å². The predicted octanol–water partition coefficient (Wildman–Crippen LogP) is -3.02. The fraction of sp³-hybridized carbons (Fsp3) is 0.889. The van der Waals surface area contributed by atoms with Crippen molar-refractivity contribution in [1.82, 2.24) is 0 Å². The van der Waals surface area contributed by atoms with Crippen LogP contribution >= 0.6 is 0 Å². The zero-order chi connectivity index (χ0) is 13.0. The Bertz CT molecular complexity index is 257. The first-order valence-electron chi connectivity index (χ1n) is 5.00. The van der Waals surface area contributed by atoms with Crippen molar-refractivity contribution in [2.75, 3.05) is 20.3 Å². The molecule has 1 fully saturated rings. The zero-order valence-corrected chi connectivity index (χ0v) is 9.22. The van der Waals surface area contributed by atoms with Crippen molar-refractivity contribution >= 4 is 5.97 Å². The standard InChI is InChI=1S/C9H16O8/c1-15-5(11)3-16-8-6(12)4(2-10)17-9(14)7(8)13/h4,6-10,12-14H,2-3H2,1H3/t4-,6+,7-,8+,9-/m1/s1. The van der Waals surface area contributed by atoms with E-state index in [1.54, 1.807) is 0 Å². The smallest absolute Gasteiger partial charge is 0.331 e. The predicted molar refractivity (Wildman–Crippen MR) is 51.7 cm³/mol. The number of methoxy groups -OCH3 is 1. The number of hydrogen-bond donors (Lipinski definition) is 4. The molecule has 4 N–H and O–H groups in total. The van der Waals surface area contributed by atoms with Gasteiger partial charge < -0.3 is 34.6 Å². The molecule has 1 aliphatic heterocycles. The number of carbonyl (C=O) groups is 1. The van der Waals surface area contributed by atoms with Crippen LogP contribution in [0.1, 0.15) is 0 Å². The van der Waals surface area contributed by atoms with E-state index in [2.05, 4.69) is 4.74 Å². The van der Waals surface area contributed by atoms with Crippen LogP contribution in [-0.4, -0.2) is 77.4 Å². The quantitative estimate of drug-likeness (QED) is 0.389. The van der Waals surface area contributed by atoms with Gasteiger partial charge in [0.2, 0.25) is 0 Å². The molecule has 8 nitrogen and oxygen atoms in total. The molecule has 100 valence electrons. The van der Waals surface area contributed by atoms with Gasteiger partial charge in [0.25, 0.3) is 0 Å². The maximum absolute atomic E-state index is 10.8. The summed E-state index contributed by atoms with van der Waals surface area (Å²) in [6.45, 7) is -1.04. The lowest BCUT2D eigenvalue weighted by Gasteiger charge is -2.39. The first-order chi connectivity index (χ1) is 8.01. The summed E-state index contributed by atoms with van der Waals surface area (Å²) in [6.07, 6.45) is -6.80. The largest absolute Gasteiger partial charge is 0.467 e. The molecule has 0 aliphatic carbocycles. The van der Waals surface area contributed by atoms with E-state index in [-0.39, 0.29) is 0 Å². The van der Waals surface area contributed by atoms with Crippen LogP contribution in [-0.2, 0) is 19.0 Å². The van der Waals surface area contributed by atoms with E-state index in [4.69, 9.17) is 14.6 Å². The SMILES string of the molecule is COC(=O)CO[C@@H]1[C@@H](O)[C@H](O)O[C@H](CO)[C@@H]1O. The van der Waals surface area contributed by atoms with Gasteiger partial charge in [-0.15, -0.1) is 0 Å². The zero-order valence-electron chi connectivity index (χ0n) is 9.22. The van der Waals surface area contributed by atoms with Crippen LogP contribution in [0.2, 0.25) is 0 Å². The molecule has 0 aromatic rings. The normalized spacial score (nSPS) is 37.8. The number of aliphatic hydroxyl groups is 4. The van der Waals surface area contributed by atoms with Crippen molar-refractivity contribution in [1.29, 1.82) is 0 Å². The van der Waals surface area contributed by atoms with Gasteiger partial charge in [0, 0.05) is 0 Å². The van der Waals surface area contributed by atoms with Crippen molar-refractivity contribution in [3.63, 3.8) is 0 Å². The average molecular weight is 252 g/mol. The summed E-state index contributed by atoms with van der Waals surface area (Å²) < 4.78 is 14.0. The molecule has 0 unspecified atom stereocenters. The second kappa shape index (κ2) is 6.24. The van der Waals surface area contributed by atoms with E-state index in [0.717, 1.165) is 7.11 Å². The summed E-state index contributed by atoms with van der Waals surface area (Å²) in [5, 5.41) is 37.4. The van der Waals surface area contributed by atoms with E-state index in [1.165, 1.54) is 0 Å². The van der Waals surface area contributed by atoms with Gasteiger partial charge in [0.15, 0.2) is 6.29 Å². The molecule has 8 heteroatoms. The maximum atomic E-state index is 10.8. The molecule has 0 saturated carbocycles. The molecule has 0 aromatic carbocycles. The second-order valence-electron chi connectivity index (χ2n) is 3.58. The molecule has 0 aromatic heterocycles. The Kier molecular flexibility index (Phi) is 5.25. The van der Waals surface area contributed by atoms with E-state index < -0.39 is 49.9 Å². The highest BCUT2D eigenvalue weighted by atomic mass is 16.6. The van der Waals surface area contributed by atoms with Gasteiger partial charge in [-0.05, 0) is 0 Å². The Labute approximate surface area is 97.3 Å². The van der Waals surface area contributed by atoms with Crippen LogP contribution in [0.25, 0.3) is 0 Å². The molecule has 5 atom stereocenters. The van der Waals surface area contributed by atoms with Gasteiger partial charge in [0.1, 0.15) is 31.0 Å². The fourth-order valence-electron chi connectivity index (χ4n) is 1.49. The highest BCUT2D eigenvalue weighted by Gasteiger charge is 2.44. The molecule has 1 heterocycles. The highest BCUT2D eigenvalue weighted by Crippen LogP contribution is 2.22. The van der Waals surface area contributed by atoms with Gasteiger partial charge in [-0.3, -0.25) is 0 Å². The first kappa shape index (κ1) is 14.3. The minimum Gasteiger partial charge on any atom is -0.467 e. The van der Waals surface area contributed by atoms with Crippen LogP contribution in [0.5, 0.6) is 0 Å². The van der Waals surface area contributed by atoms with Crippen LogP contribution < -0.4 is 0 Å². The summed E-state index contributed by atoms with van der Waals surface area (Å²) in [7, 11) is 1.16. The topological polar surface area (TPSA) is 126 Å². The number of carbonyl (C=O) groups excluding carboxylic acids is 1. The Balaban J connectivity index is 2.62. The van der Waals surface area contributed by atoms with E-state index in [1.807, 2.05) is 0 Å². The molecule has 1 rings (SSSR count). The summed E-state index contributed by atoms with van der Waals surface area (Å²) in [5.74, 6) is -0.689. The molecule has 1 aliphatic rings. The molecule has 0 bridgehead atoms. The van der Waals surface area contributed by atoms with Gasteiger partial charge in [-0.1, -0.05) is 0 Å². The van der Waals surface area contributed by atoms with Crippen LogP contribution in [0.3, 0.4) is 0 Å². The van der Waals surface area contributed by atoms with Gasteiger partial charge >= 0.3 is 5.97 Å². The minimum absolute atomic E-state index is 0.486. The Morgan fingerprint density at radius 2 is 1.94 bits per heavy atom. The molecular weight excluding hydrogens is 236 g/mol. The number of ether oxygens (including phenoxy) is 3. The van der Waals surface area contributed by atoms with Crippen molar-refractivity contribution in [3.05, 3.63) is 0 Å². The number of rotatable bonds is 4. The summed E-state index contributed by atoms with van der Waals surface area (Å²) >= 11 is 0. The molecule has 0 spiro atoms. The lowest BCUT2D eigenvalue weighted by Crippen LogP contribution is -2.59. The minimum atomic E-state index is -1.60. The lowest BCUT2D eigenvalue weighted by atomic mass is 9.99. The Morgan fingerprint density at radius 1 is 1.29 bits per heavy atom. The van der Waals surface area contributed by atoms with Gasteiger partial charge in [-0.25, -0.2) is 4.79 Å². The van der Waals surface area contributed by atoms with E-state index >= 15 is 0 Å². The molecule has 0 radical (unpaired) electrons. The van der Waals surface area contributed by atoms with E-state index in [9.17, 15) is 20.1 Å². The highest BCUT2D eigenvalue weighted by molar-refractivity contribution is 5.70. The van der Waals surface area contributed by atoms with Crippen molar-refractivity contribution in [2.45, 2.75) is 30.7 Å². The van der Waals surface area contributed by atoms with Crippen molar-refractivity contribution in [2.24, 2.45) is 0 Å². The number of esters is 1. The molecule has 17 heavy (non-hydrogen) atoms. The first-order valence-corrected chi connectivity index (χ1v) is 5.00. The van der Waals surface area contributed by atoms with Crippen molar-refractivity contribution < 1.29 is 39.4 Å². The number of hydrogen-bond acceptors (Lipinski definition) is 8. The average Bonchev–Trinajstić information content (AvgIpc) is 2.33. The lowest BCUT2D eigenvalue weighted by molar-refractivity contribution is -0.294. The third-order valence-corrected chi connectivity index (χ3v) is 2.46. The monoisotopic (exact) mass is 252 g/mol. The summed E-state index contributed by atoms with van der Waals surface area (Å²) in [5.41, 5.74) is 0. The Hall–Kier alpha value is -0.770. The number of aliphatic hydroxyl groups excluding tert-OH is 4. The Morgan fingerprint density at radius 3 is 2.47 bits per heavy atom. The van der Waals surface area contributed by atoms with Crippen molar-refractivity contribution in [3.8, 4) is 0 Å². The molecule has 0 amide bonds. The summed E-state index contributed by atoms with van der Waals surface area (Å²) in [6, 6.07) is 0. The molecular formula is C9H16O8. The maximum Gasteiger partial charge on any atom is 0.331 e. The summed E-state index contributed by atoms with van der Waals surface area (Å²) in [4.78, 5) is 10.8. The molecule has 1 saturated heterocycles. The third kappa shape index (κ3) is 3.35. The van der Waals surface area contributed by atoms with Gasteiger partial charge in [-0.2, -0.15) is 0 Å². The van der Waals surface area contributed by atoms with Crippen LogP contribution in [0.4, 0.5) is 0 Å². The second-order valence-corrected chi connectivity index (χ2v) is 3.58. The fourth-order valence-corrected chi connectivity index (χ4v) is 1.49. The van der Waals surface area contributed by atoms with Crippen LogP contribution in [0, 0.1) is 0 Å².